The van der Waals surface area contributed by atoms with E-state index in [4.69, 9.17) is 32.6 Å². The Labute approximate surface area is 265 Å². The van der Waals surface area contributed by atoms with Crippen LogP contribution in [-0.2, 0) is 39.9 Å². The molecule has 0 unspecified atom stereocenters. The van der Waals surface area contributed by atoms with Crippen molar-refractivity contribution >= 4 is 21.9 Å². The molecule has 1 fully saturated rings. The minimum absolute atomic E-state index is 0.0277. The van der Waals surface area contributed by atoms with Crippen LogP contribution in [0.15, 0.2) is 42.5 Å². The van der Waals surface area contributed by atoms with Gasteiger partial charge in [0.15, 0.2) is 0 Å². The molecule has 45 heavy (non-hydrogen) atoms. The Balaban J connectivity index is 1.58. The van der Waals surface area contributed by atoms with Crippen LogP contribution < -0.4 is 14.4 Å². The van der Waals surface area contributed by atoms with Gasteiger partial charge in [0.05, 0.1) is 70.7 Å². The number of likely N-dealkylation sites (tertiary alicyclic amines) is 1. The molecule has 4 atom stereocenters. The molecule has 250 valence electrons. The predicted molar refractivity (Wildman–Crippen MR) is 166 cm³/mol. The van der Waals surface area contributed by atoms with Crippen LogP contribution in [0.3, 0.4) is 0 Å². The van der Waals surface area contributed by atoms with Gasteiger partial charge in [-0.3, -0.25) is 4.18 Å². The van der Waals surface area contributed by atoms with E-state index in [1.807, 2.05) is 42.5 Å². The standard InChI is InChI=1S/C31H44N2O11S/c1-38-14-5-12-32-13-15-41-27-11-6-22(16-26(27)32)19-42-28-17-33(31(34)35)18-29(30(28)23-7-9-24(40-3)10-8-23)43-21-25(20-39-2)44-45(4,36)37/h6-11,16,25,28-30H,5,12-15,17-21H2,1-4H3,(H,34,35)/t25-,28+,29-,30-/m1/s1. The second kappa shape index (κ2) is 16.4. The number of anilines is 1. The molecule has 0 aliphatic carbocycles. The minimum atomic E-state index is -3.79. The molecule has 0 saturated carbocycles. The van der Waals surface area contributed by atoms with Crippen LogP contribution in [0.2, 0.25) is 0 Å². The molecule has 2 heterocycles. The lowest BCUT2D eigenvalue weighted by Gasteiger charge is -2.43. The fourth-order valence-corrected chi connectivity index (χ4v) is 6.32. The molecular formula is C31H44N2O11S. The van der Waals surface area contributed by atoms with Gasteiger partial charge >= 0.3 is 6.09 Å². The predicted octanol–water partition coefficient (Wildman–Crippen LogP) is 2.97. The summed E-state index contributed by atoms with van der Waals surface area (Å²) in [5.41, 5.74) is 2.76. The normalized spacial score (nSPS) is 20.8. The number of fused-ring (bicyclic) bond motifs is 1. The third kappa shape index (κ3) is 9.92. The highest BCUT2D eigenvalue weighted by atomic mass is 32.2. The molecule has 4 rings (SSSR count). The first-order valence-electron chi connectivity index (χ1n) is 14.8. The lowest BCUT2D eigenvalue weighted by Crippen LogP contribution is -2.54. The summed E-state index contributed by atoms with van der Waals surface area (Å²) in [5, 5.41) is 9.99. The van der Waals surface area contributed by atoms with Crippen LogP contribution in [0.25, 0.3) is 0 Å². The maximum atomic E-state index is 12.2. The van der Waals surface area contributed by atoms with E-state index in [0.717, 1.165) is 48.3 Å². The van der Waals surface area contributed by atoms with Crippen molar-refractivity contribution in [2.24, 2.45) is 0 Å². The highest BCUT2D eigenvalue weighted by Crippen LogP contribution is 2.36. The summed E-state index contributed by atoms with van der Waals surface area (Å²) in [5.74, 6) is 1.09. The SMILES string of the molecule is COCCCN1CCOc2ccc(CO[C@H]3CN(C(=O)O)C[C@@H](OC[C@@H](COC)OS(C)(=O)=O)[C@@H]3c3ccc(OC)cc3)cc21. The zero-order chi connectivity index (χ0) is 32.4. The summed E-state index contributed by atoms with van der Waals surface area (Å²) in [7, 11) is 0.918. The van der Waals surface area contributed by atoms with Crippen molar-refractivity contribution in [1.82, 2.24) is 4.90 Å². The lowest BCUT2D eigenvalue weighted by molar-refractivity contribution is -0.104. The fraction of sp³-hybridized carbons (Fsp3) is 0.581. The Morgan fingerprint density at radius 3 is 2.40 bits per heavy atom. The van der Waals surface area contributed by atoms with Gasteiger partial charge in [0.25, 0.3) is 10.1 Å². The largest absolute Gasteiger partial charge is 0.497 e. The van der Waals surface area contributed by atoms with Crippen LogP contribution in [0.5, 0.6) is 11.5 Å². The van der Waals surface area contributed by atoms with E-state index in [2.05, 4.69) is 4.90 Å². The Hall–Kier alpha value is -3.14. The number of piperidine rings is 1. The zero-order valence-electron chi connectivity index (χ0n) is 26.3. The van der Waals surface area contributed by atoms with Crippen molar-refractivity contribution < 1.29 is 50.9 Å². The molecule has 0 radical (unpaired) electrons. The Kier molecular flexibility index (Phi) is 12.7. The van der Waals surface area contributed by atoms with Gasteiger partial charge < -0.3 is 43.3 Å². The summed E-state index contributed by atoms with van der Waals surface area (Å²) in [6.45, 7) is 3.09. The molecule has 2 aliphatic heterocycles. The van der Waals surface area contributed by atoms with E-state index in [9.17, 15) is 18.3 Å². The number of carbonyl (C=O) groups is 1. The highest BCUT2D eigenvalue weighted by molar-refractivity contribution is 7.86. The number of carboxylic acid groups (broad SMARTS) is 1. The van der Waals surface area contributed by atoms with E-state index in [0.29, 0.717) is 19.0 Å². The van der Waals surface area contributed by atoms with Gasteiger partial charge in [0.1, 0.15) is 24.2 Å². The molecule has 1 N–H and O–H groups in total. The van der Waals surface area contributed by atoms with Crippen molar-refractivity contribution in [3.8, 4) is 11.5 Å². The van der Waals surface area contributed by atoms with E-state index in [1.54, 1.807) is 14.2 Å². The van der Waals surface area contributed by atoms with Crippen molar-refractivity contribution in [3.63, 3.8) is 0 Å². The third-order valence-electron chi connectivity index (χ3n) is 7.76. The molecule has 0 spiro atoms. The molecule has 2 aromatic carbocycles. The van der Waals surface area contributed by atoms with E-state index >= 15 is 0 Å². The van der Waals surface area contributed by atoms with Crippen LogP contribution in [0, 0.1) is 0 Å². The maximum absolute atomic E-state index is 12.2. The number of methoxy groups -OCH3 is 3. The molecule has 1 amide bonds. The number of ether oxygens (including phenoxy) is 6. The molecule has 1 saturated heterocycles. The molecule has 13 nitrogen and oxygen atoms in total. The number of benzene rings is 2. The summed E-state index contributed by atoms with van der Waals surface area (Å²) >= 11 is 0. The lowest BCUT2D eigenvalue weighted by atomic mass is 9.84. The molecule has 2 aliphatic rings. The van der Waals surface area contributed by atoms with E-state index < -0.39 is 34.5 Å². The number of rotatable bonds is 16. The van der Waals surface area contributed by atoms with Crippen molar-refractivity contribution in [3.05, 3.63) is 53.6 Å². The van der Waals surface area contributed by atoms with Gasteiger partial charge in [0.2, 0.25) is 0 Å². The van der Waals surface area contributed by atoms with Crippen LogP contribution in [0.4, 0.5) is 10.5 Å². The van der Waals surface area contributed by atoms with Crippen LogP contribution in [-0.4, -0.2) is 123 Å². The quantitative estimate of drug-likeness (QED) is 0.210. The Morgan fingerprint density at radius 2 is 1.76 bits per heavy atom. The van der Waals surface area contributed by atoms with E-state index in [-0.39, 0.29) is 38.8 Å². The third-order valence-corrected chi connectivity index (χ3v) is 8.38. The fourth-order valence-electron chi connectivity index (χ4n) is 5.71. The first-order chi connectivity index (χ1) is 21.6. The maximum Gasteiger partial charge on any atom is 0.407 e. The van der Waals surface area contributed by atoms with Gasteiger partial charge in [-0.1, -0.05) is 18.2 Å². The molecular weight excluding hydrogens is 608 g/mol. The first kappa shape index (κ1) is 34.7. The smallest absolute Gasteiger partial charge is 0.407 e. The topological polar surface area (TPSA) is 143 Å². The number of hydrogen-bond donors (Lipinski definition) is 1. The summed E-state index contributed by atoms with van der Waals surface area (Å²) in [6.07, 6.45) is -1.44. The van der Waals surface area contributed by atoms with Crippen LogP contribution >= 0.6 is 0 Å². The van der Waals surface area contributed by atoms with Gasteiger partial charge in [0, 0.05) is 33.3 Å². The van der Waals surface area contributed by atoms with Crippen molar-refractivity contribution in [2.75, 3.05) is 85.1 Å². The van der Waals surface area contributed by atoms with Gasteiger partial charge in [-0.2, -0.15) is 8.42 Å². The summed E-state index contributed by atoms with van der Waals surface area (Å²) < 4.78 is 63.2. The summed E-state index contributed by atoms with van der Waals surface area (Å²) in [6, 6.07) is 13.4. The number of amides is 1. The number of nitrogens with zero attached hydrogens (tertiary/aromatic N) is 2. The second-order valence-corrected chi connectivity index (χ2v) is 12.7. The van der Waals surface area contributed by atoms with Crippen molar-refractivity contribution in [2.45, 2.75) is 37.3 Å². The average molecular weight is 653 g/mol. The molecule has 0 bridgehead atoms. The highest BCUT2D eigenvalue weighted by Gasteiger charge is 2.41. The van der Waals surface area contributed by atoms with Crippen LogP contribution in [0.1, 0.15) is 23.5 Å². The van der Waals surface area contributed by atoms with Gasteiger partial charge in [-0.15, -0.1) is 0 Å². The first-order valence-corrected chi connectivity index (χ1v) is 16.6. The second-order valence-electron chi connectivity index (χ2n) is 11.1. The summed E-state index contributed by atoms with van der Waals surface area (Å²) in [4.78, 5) is 15.8. The Morgan fingerprint density at radius 1 is 1.02 bits per heavy atom. The average Bonchev–Trinajstić information content (AvgIpc) is 3.02. The molecule has 2 aromatic rings. The van der Waals surface area contributed by atoms with Crippen molar-refractivity contribution in [1.29, 1.82) is 0 Å². The minimum Gasteiger partial charge on any atom is -0.497 e. The monoisotopic (exact) mass is 652 g/mol. The Bertz CT molecular complexity index is 1340. The zero-order valence-corrected chi connectivity index (χ0v) is 27.1. The number of hydrogen-bond acceptors (Lipinski definition) is 11. The van der Waals surface area contributed by atoms with Gasteiger partial charge in [-0.05, 0) is 41.8 Å². The molecule has 14 heteroatoms. The molecule has 0 aromatic heterocycles. The van der Waals surface area contributed by atoms with Gasteiger partial charge in [-0.25, -0.2) is 4.79 Å². The van der Waals surface area contributed by atoms with E-state index in [1.165, 1.54) is 12.0 Å².